The van der Waals surface area contributed by atoms with E-state index in [1.165, 1.54) is 0 Å². The topological polar surface area (TPSA) is 41.6 Å². The number of rotatable bonds is 2. The molecule has 0 amide bonds. The molecule has 0 saturated heterocycles. The average molecular weight is 270 g/mol. The molecule has 0 fully saturated rings. The average Bonchev–Trinajstić information content (AvgIpc) is 2.89. The lowest BCUT2D eigenvalue weighted by atomic mass is 10.1. The first-order valence-electron chi connectivity index (χ1n) is 5.99. The lowest BCUT2D eigenvalue weighted by molar-refractivity contribution is 1.10. The van der Waals surface area contributed by atoms with Crippen LogP contribution in [-0.2, 0) is 0 Å². The van der Waals surface area contributed by atoms with Gasteiger partial charge in [0.2, 0.25) is 0 Å². The van der Waals surface area contributed by atoms with Crippen molar-refractivity contribution in [3.8, 4) is 22.8 Å². The number of aryl methyl sites for hydroxylation is 1. The minimum absolute atomic E-state index is 0.615. The van der Waals surface area contributed by atoms with Crippen LogP contribution in [0, 0.1) is 6.92 Å². The molecule has 3 aromatic rings. The third-order valence-electron chi connectivity index (χ3n) is 3.00. The van der Waals surface area contributed by atoms with Gasteiger partial charge in [-0.3, -0.25) is 5.10 Å². The fourth-order valence-electron chi connectivity index (χ4n) is 1.98. The second-order valence-corrected chi connectivity index (χ2v) is 4.71. The van der Waals surface area contributed by atoms with E-state index in [9.17, 15) is 0 Å². The lowest BCUT2D eigenvalue weighted by Crippen LogP contribution is -1.85. The zero-order valence-corrected chi connectivity index (χ0v) is 11.1. The minimum Gasteiger partial charge on any atom is -0.259 e. The van der Waals surface area contributed by atoms with Gasteiger partial charge in [0, 0.05) is 11.1 Å². The summed E-state index contributed by atoms with van der Waals surface area (Å²) in [6.45, 7) is 2.05. The Balaban J connectivity index is 2.06. The van der Waals surface area contributed by atoms with Gasteiger partial charge in [-0.15, -0.1) is 0 Å². The van der Waals surface area contributed by atoms with E-state index in [4.69, 9.17) is 11.6 Å². The van der Waals surface area contributed by atoms with Crippen molar-refractivity contribution in [3.05, 3.63) is 59.1 Å². The van der Waals surface area contributed by atoms with Crippen LogP contribution < -0.4 is 0 Å². The Labute approximate surface area is 116 Å². The van der Waals surface area contributed by atoms with Crippen LogP contribution in [0.2, 0.25) is 5.02 Å². The van der Waals surface area contributed by atoms with Crippen molar-refractivity contribution in [1.29, 1.82) is 0 Å². The van der Waals surface area contributed by atoms with Crippen molar-refractivity contribution in [2.24, 2.45) is 0 Å². The number of aromatic amines is 1. The molecule has 0 bridgehead atoms. The summed E-state index contributed by atoms with van der Waals surface area (Å²) in [5, 5.41) is 7.86. The quantitative estimate of drug-likeness (QED) is 0.761. The maximum absolute atomic E-state index is 6.15. The van der Waals surface area contributed by atoms with Crippen molar-refractivity contribution in [3.63, 3.8) is 0 Å². The summed E-state index contributed by atoms with van der Waals surface area (Å²) >= 11 is 6.15. The summed E-state index contributed by atoms with van der Waals surface area (Å²) in [5.41, 5.74) is 3.04. The van der Waals surface area contributed by atoms with E-state index in [0.29, 0.717) is 10.8 Å². The van der Waals surface area contributed by atoms with E-state index < -0.39 is 0 Å². The maximum Gasteiger partial charge on any atom is 0.182 e. The van der Waals surface area contributed by atoms with E-state index in [1.807, 2.05) is 55.5 Å². The molecule has 0 atom stereocenters. The number of benzene rings is 2. The lowest BCUT2D eigenvalue weighted by Gasteiger charge is -2.00. The molecule has 19 heavy (non-hydrogen) atoms. The number of hydrogen-bond donors (Lipinski definition) is 1. The minimum atomic E-state index is 0.615. The van der Waals surface area contributed by atoms with Crippen LogP contribution in [0.5, 0.6) is 0 Å². The molecule has 3 rings (SSSR count). The largest absolute Gasteiger partial charge is 0.259 e. The first-order valence-corrected chi connectivity index (χ1v) is 6.37. The standard InChI is InChI=1S/C15H12ClN3/c1-10-6-2-3-7-11(10)14-17-15(19-18-14)12-8-4-5-9-13(12)16/h2-9H,1H3,(H,17,18,19). The molecule has 0 radical (unpaired) electrons. The number of nitrogens with zero attached hydrogens (tertiary/aromatic N) is 2. The molecule has 94 valence electrons. The van der Waals surface area contributed by atoms with Gasteiger partial charge < -0.3 is 0 Å². The van der Waals surface area contributed by atoms with Gasteiger partial charge in [0.15, 0.2) is 11.6 Å². The monoisotopic (exact) mass is 269 g/mol. The van der Waals surface area contributed by atoms with Crippen LogP contribution in [-0.4, -0.2) is 15.2 Å². The zero-order chi connectivity index (χ0) is 13.2. The van der Waals surface area contributed by atoms with Crippen LogP contribution >= 0.6 is 11.6 Å². The summed E-state index contributed by atoms with van der Waals surface area (Å²) in [6, 6.07) is 15.6. The van der Waals surface area contributed by atoms with Gasteiger partial charge >= 0.3 is 0 Å². The highest BCUT2D eigenvalue weighted by Gasteiger charge is 2.11. The Morgan fingerprint density at radius 2 is 1.63 bits per heavy atom. The molecular formula is C15H12ClN3. The molecule has 4 heteroatoms. The van der Waals surface area contributed by atoms with Crippen molar-refractivity contribution >= 4 is 11.6 Å². The normalized spacial score (nSPS) is 10.6. The van der Waals surface area contributed by atoms with Crippen LogP contribution in [0.1, 0.15) is 5.56 Å². The smallest absolute Gasteiger partial charge is 0.182 e. The van der Waals surface area contributed by atoms with E-state index in [0.717, 1.165) is 22.5 Å². The summed E-state index contributed by atoms with van der Waals surface area (Å²) in [4.78, 5) is 4.52. The Kier molecular flexibility index (Phi) is 3.05. The van der Waals surface area contributed by atoms with Crippen molar-refractivity contribution in [2.75, 3.05) is 0 Å². The Morgan fingerprint density at radius 3 is 2.37 bits per heavy atom. The molecule has 1 heterocycles. The molecule has 1 N–H and O–H groups in total. The highest BCUT2D eigenvalue weighted by Crippen LogP contribution is 2.27. The molecule has 1 aromatic heterocycles. The molecule has 0 aliphatic carbocycles. The van der Waals surface area contributed by atoms with Crippen molar-refractivity contribution < 1.29 is 0 Å². The van der Waals surface area contributed by atoms with Gasteiger partial charge in [-0.2, -0.15) is 5.10 Å². The van der Waals surface area contributed by atoms with Crippen LogP contribution in [0.4, 0.5) is 0 Å². The molecule has 0 aliphatic heterocycles. The van der Waals surface area contributed by atoms with E-state index in [2.05, 4.69) is 15.2 Å². The second-order valence-electron chi connectivity index (χ2n) is 4.30. The molecular weight excluding hydrogens is 258 g/mol. The second kappa shape index (κ2) is 4.86. The first kappa shape index (κ1) is 11.9. The number of aromatic nitrogens is 3. The first-order chi connectivity index (χ1) is 9.25. The van der Waals surface area contributed by atoms with E-state index >= 15 is 0 Å². The van der Waals surface area contributed by atoms with Gasteiger partial charge in [-0.05, 0) is 24.6 Å². The molecule has 0 spiro atoms. The number of H-pyrrole nitrogens is 1. The number of nitrogens with one attached hydrogen (secondary N) is 1. The van der Waals surface area contributed by atoms with Gasteiger partial charge in [-0.1, -0.05) is 48.0 Å². The Hall–Kier alpha value is -2.13. The zero-order valence-electron chi connectivity index (χ0n) is 10.4. The SMILES string of the molecule is Cc1ccccc1-c1nc(-c2ccccc2Cl)n[nH]1. The van der Waals surface area contributed by atoms with Gasteiger partial charge in [-0.25, -0.2) is 4.98 Å². The summed E-state index contributed by atoms with van der Waals surface area (Å²) < 4.78 is 0. The van der Waals surface area contributed by atoms with Gasteiger partial charge in [0.25, 0.3) is 0 Å². The molecule has 0 unspecified atom stereocenters. The van der Waals surface area contributed by atoms with Crippen molar-refractivity contribution in [2.45, 2.75) is 6.92 Å². The summed E-state index contributed by atoms with van der Waals surface area (Å²) in [5.74, 6) is 1.37. The molecule has 2 aromatic carbocycles. The van der Waals surface area contributed by atoms with Crippen LogP contribution in [0.15, 0.2) is 48.5 Å². The fraction of sp³-hybridized carbons (Fsp3) is 0.0667. The Bertz CT molecular complexity index is 659. The maximum atomic E-state index is 6.15. The third-order valence-corrected chi connectivity index (χ3v) is 3.33. The predicted octanol–water partition coefficient (Wildman–Crippen LogP) is 4.10. The molecule has 3 nitrogen and oxygen atoms in total. The fourth-order valence-corrected chi connectivity index (χ4v) is 2.20. The Morgan fingerprint density at radius 1 is 0.947 bits per heavy atom. The predicted molar refractivity (Wildman–Crippen MR) is 77.0 cm³/mol. The highest BCUT2D eigenvalue weighted by atomic mass is 35.5. The summed E-state index contributed by atoms with van der Waals surface area (Å²) in [7, 11) is 0. The van der Waals surface area contributed by atoms with Gasteiger partial charge in [0.1, 0.15) is 0 Å². The van der Waals surface area contributed by atoms with Crippen LogP contribution in [0.3, 0.4) is 0 Å². The highest BCUT2D eigenvalue weighted by molar-refractivity contribution is 6.33. The molecule has 0 aliphatic rings. The third kappa shape index (κ3) is 2.25. The van der Waals surface area contributed by atoms with Gasteiger partial charge in [0.05, 0.1) is 5.02 Å². The molecule has 0 saturated carbocycles. The van der Waals surface area contributed by atoms with Crippen molar-refractivity contribution in [1.82, 2.24) is 15.2 Å². The number of halogens is 1. The van der Waals surface area contributed by atoms with Crippen LogP contribution in [0.25, 0.3) is 22.8 Å². The van der Waals surface area contributed by atoms with E-state index in [1.54, 1.807) is 0 Å². The van der Waals surface area contributed by atoms with E-state index in [-0.39, 0.29) is 0 Å². The summed E-state index contributed by atoms with van der Waals surface area (Å²) in [6.07, 6.45) is 0. The number of hydrogen-bond acceptors (Lipinski definition) is 2.